The summed E-state index contributed by atoms with van der Waals surface area (Å²) in [4.78, 5) is 2.61. The normalized spacial score (nSPS) is 17.9. The summed E-state index contributed by atoms with van der Waals surface area (Å²) in [5, 5.41) is 12.3. The summed E-state index contributed by atoms with van der Waals surface area (Å²) < 4.78 is 0. The summed E-state index contributed by atoms with van der Waals surface area (Å²) in [6, 6.07) is 11.1. The van der Waals surface area contributed by atoms with Gasteiger partial charge < -0.3 is 5.11 Å². The minimum absolute atomic E-state index is 0.0520. The number of likely N-dealkylation sites (tertiary alicyclic amines) is 1. The summed E-state index contributed by atoms with van der Waals surface area (Å²) in [6.45, 7) is 14.5. The van der Waals surface area contributed by atoms with E-state index in [0.29, 0.717) is 14.3 Å². The Balaban J connectivity index is 1.96. The maximum atomic E-state index is 10.9. The van der Waals surface area contributed by atoms with Crippen molar-refractivity contribution in [2.75, 3.05) is 13.1 Å². The lowest BCUT2D eigenvalue weighted by molar-refractivity contribution is 0.221. The molecule has 3 heteroatoms. The molecule has 0 amide bonds. The van der Waals surface area contributed by atoms with Crippen LogP contribution < -0.4 is 5.30 Å². The Morgan fingerprint density at radius 3 is 2.43 bits per heavy atom. The van der Waals surface area contributed by atoms with Gasteiger partial charge in [-0.3, -0.25) is 4.90 Å². The molecule has 2 atom stereocenters. The van der Waals surface area contributed by atoms with Gasteiger partial charge in [0.05, 0.1) is 0 Å². The van der Waals surface area contributed by atoms with Gasteiger partial charge in [0.25, 0.3) is 0 Å². The predicted octanol–water partition coefficient (Wildman–Crippen LogP) is 5.93. The molecule has 0 aromatic heterocycles. The molecule has 2 nitrogen and oxygen atoms in total. The van der Waals surface area contributed by atoms with Gasteiger partial charge in [-0.2, -0.15) is 0 Å². The van der Waals surface area contributed by atoms with Crippen LogP contribution in [0.15, 0.2) is 30.3 Å². The SMILES string of the molecule is CCC(C)(Pc1c(C)cccc1CN1CCCCC1)c1cc(C)cc(C)c1O. The molecule has 0 saturated carbocycles. The van der Waals surface area contributed by atoms with E-state index in [1.54, 1.807) is 0 Å². The van der Waals surface area contributed by atoms with Crippen molar-refractivity contribution in [2.45, 2.75) is 72.0 Å². The zero-order chi connectivity index (χ0) is 20.3. The largest absolute Gasteiger partial charge is 0.507 e. The second kappa shape index (κ2) is 8.97. The molecule has 28 heavy (non-hydrogen) atoms. The smallest absolute Gasteiger partial charge is 0.122 e. The van der Waals surface area contributed by atoms with Gasteiger partial charge in [-0.15, -0.1) is 0 Å². The first-order chi connectivity index (χ1) is 13.3. The van der Waals surface area contributed by atoms with Crippen LogP contribution in [0.2, 0.25) is 0 Å². The average Bonchev–Trinajstić information content (AvgIpc) is 2.68. The van der Waals surface area contributed by atoms with Crippen molar-refractivity contribution < 1.29 is 5.11 Å². The third-order valence-electron chi connectivity index (χ3n) is 6.35. The number of hydrogen-bond acceptors (Lipinski definition) is 2. The van der Waals surface area contributed by atoms with Crippen LogP contribution in [-0.2, 0) is 11.7 Å². The number of nitrogens with zero attached hydrogens (tertiary/aromatic N) is 1. The van der Waals surface area contributed by atoms with E-state index < -0.39 is 0 Å². The molecule has 0 bridgehead atoms. The first-order valence-corrected chi connectivity index (χ1v) is 11.7. The molecule has 1 aliphatic heterocycles. The van der Waals surface area contributed by atoms with Crippen molar-refractivity contribution in [3.63, 3.8) is 0 Å². The second-order valence-corrected chi connectivity index (χ2v) is 10.6. The Hall–Kier alpha value is -1.37. The molecule has 0 aliphatic carbocycles. The van der Waals surface area contributed by atoms with Crippen molar-refractivity contribution >= 4 is 13.9 Å². The molecule has 1 fully saturated rings. The third kappa shape index (κ3) is 4.61. The van der Waals surface area contributed by atoms with Crippen molar-refractivity contribution in [2.24, 2.45) is 0 Å². The van der Waals surface area contributed by atoms with E-state index in [-0.39, 0.29) is 5.16 Å². The van der Waals surface area contributed by atoms with Gasteiger partial charge in [-0.05, 0) is 75.1 Å². The van der Waals surface area contributed by atoms with Crippen LogP contribution in [-0.4, -0.2) is 23.1 Å². The molecule has 152 valence electrons. The molecule has 0 spiro atoms. The molecule has 2 unspecified atom stereocenters. The Bertz CT molecular complexity index is 826. The van der Waals surface area contributed by atoms with Crippen molar-refractivity contribution in [3.05, 3.63) is 58.1 Å². The Morgan fingerprint density at radius 2 is 1.75 bits per heavy atom. The molecular formula is C25H36NOP. The molecule has 1 saturated heterocycles. The minimum Gasteiger partial charge on any atom is -0.507 e. The van der Waals surface area contributed by atoms with Crippen LogP contribution in [0.1, 0.15) is 67.3 Å². The molecule has 2 aromatic rings. The molecule has 0 radical (unpaired) electrons. The molecule has 1 N–H and O–H groups in total. The highest BCUT2D eigenvalue weighted by Crippen LogP contribution is 2.48. The minimum atomic E-state index is -0.0520. The van der Waals surface area contributed by atoms with E-state index in [1.807, 2.05) is 6.92 Å². The molecule has 3 rings (SSSR count). The number of phenols is 1. The lowest BCUT2D eigenvalue weighted by Gasteiger charge is -2.33. The van der Waals surface area contributed by atoms with Gasteiger partial charge in [0.1, 0.15) is 5.75 Å². The van der Waals surface area contributed by atoms with Gasteiger partial charge in [-0.25, -0.2) is 0 Å². The second-order valence-electron chi connectivity index (χ2n) is 8.73. The van der Waals surface area contributed by atoms with Gasteiger partial charge in [0.2, 0.25) is 0 Å². The van der Waals surface area contributed by atoms with Crippen molar-refractivity contribution in [3.8, 4) is 5.75 Å². The summed E-state index contributed by atoms with van der Waals surface area (Å²) >= 11 is 0. The number of rotatable bonds is 6. The standard InChI is InChI=1S/C25H36NOP/c1-6-25(5,22-16-18(2)15-20(4)23(22)27)28-24-19(3)11-10-12-21(24)17-26-13-8-7-9-14-26/h10-12,15-16,27-28H,6-9,13-14,17H2,1-5H3. The van der Waals surface area contributed by atoms with E-state index in [9.17, 15) is 5.11 Å². The lowest BCUT2D eigenvalue weighted by Crippen LogP contribution is -2.31. The summed E-state index contributed by atoms with van der Waals surface area (Å²) in [5.74, 6) is 0.480. The molecular weight excluding hydrogens is 361 g/mol. The molecule has 1 heterocycles. The van der Waals surface area contributed by atoms with E-state index in [2.05, 4.69) is 62.9 Å². The fourth-order valence-corrected chi connectivity index (χ4v) is 6.06. The average molecular weight is 398 g/mol. The fourth-order valence-electron chi connectivity index (χ4n) is 4.40. The van der Waals surface area contributed by atoms with Gasteiger partial charge in [0, 0.05) is 17.3 Å². The van der Waals surface area contributed by atoms with Crippen molar-refractivity contribution in [1.82, 2.24) is 4.90 Å². The zero-order valence-electron chi connectivity index (χ0n) is 18.2. The van der Waals surface area contributed by atoms with Gasteiger partial charge >= 0.3 is 0 Å². The van der Waals surface area contributed by atoms with E-state index in [1.165, 1.54) is 54.3 Å². The number of hydrogen-bond donors (Lipinski definition) is 1. The van der Waals surface area contributed by atoms with Gasteiger partial charge in [-0.1, -0.05) is 64.7 Å². The number of piperidine rings is 1. The topological polar surface area (TPSA) is 23.5 Å². The van der Waals surface area contributed by atoms with Crippen LogP contribution in [0.5, 0.6) is 5.75 Å². The van der Waals surface area contributed by atoms with Crippen LogP contribution in [0.25, 0.3) is 0 Å². The Kier molecular flexibility index (Phi) is 6.84. The van der Waals surface area contributed by atoms with E-state index in [0.717, 1.165) is 24.1 Å². The number of aryl methyl sites for hydroxylation is 3. The molecule has 1 aliphatic rings. The quantitative estimate of drug-likeness (QED) is 0.611. The highest BCUT2D eigenvalue weighted by molar-refractivity contribution is 7.48. The summed E-state index contributed by atoms with van der Waals surface area (Å²) in [6.07, 6.45) is 5.04. The number of aromatic hydroxyl groups is 1. The van der Waals surface area contributed by atoms with Crippen LogP contribution in [0.3, 0.4) is 0 Å². The maximum absolute atomic E-state index is 10.9. The fraction of sp³-hybridized carbons (Fsp3) is 0.520. The summed E-state index contributed by atoms with van der Waals surface area (Å²) in [7, 11) is 0.647. The van der Waals surface area contributed by atoms with E-state index in [4.69, 9.17) is 0 Å². The highest BCUT2D eigenvalue weighted by atomic mass is 31.1. The zero-order valence-corrected chi connectivity index (χ0v) is 19.2. The van der Waals surface area contributed by atoms with Crippen molar-refractivity contribution in [1.29, 1.82) is 0 Å². The van der Waals surface area contributed by atoms with E-state index >= 15 is 0 Å². The predicted molar refractivity (Wildman–Crippen MR) is 123 cm³/mol. The number of phenolic OH excluding ortho intramolecular Hbond substituents is 1. The highest BCUT2D eigenvalue weighted by Gasteiger charge is 2.30. The first-order valence-electron chi connectivity index (χ1n) is 10.7. The number of benzene rings is 2. The van der Waals surface area contributed by atoms with Crippen LogP contribution in [0, 0.1) is 20.8 Å². The summed E-state index contributed by atoms with van der Waals surface area (Å²) in [5.41, 5.74) is 6.18. The third-order valence-corrected chi connectivity index (χ3v) is 8.49. The maximum Gasteiger partial charge on any atom is 0.122 e. The van der Waals surface area contributed by atoms with Crippen LogP contribution in [0.4, 0.5) is 0 Å². The monoisotopic (exact) mass is 397 g/mol. The first kappa shape index (κ1) is 21.3. The molecule has 2 aromatic carbocycles. The Morgan fingerprint density at radius 1 is 1.04 bits per heavy atom. The van der Waals surface area contributed by atoms with Crippen LogP contribution >= 0.6 is 8.58 Å². The van der Waals surface area contributed by atoms with Gasteiger partial charge in [0.15, 0.2) is 0 Å². The Labute approximate surface area is 173 Å². The lowest BCUT2D eigenvalue weighted by atomic mass is 9.93.